The van der Waals surface area contributed by atoms with Crippen LogP contribution in [-0.4, -0.2) is 11.3 Å². The summed E-state index contributed by atoms with van der Waals surface area (Å²) in [7, 11) is 0. The van der Waals surface area contributed by atoms with Gasteiger partial charge in [-0.3, -0.25) is 0 Å². The van der Waals surface area contributed by atoms with Crippen LogP contribution in [0.3, 0.4) is 0 Å². The van der Waals surface area contributed by atoms with Crippen LogP contribution in [0.25, 0.3) is 22.0 Å². The topological polar surface area (TPSA) is 8.17 Å². The minimum absolute atomic E-state index is 0.175. The monoisotopic (exact) mass is 506 g/mol. The smallest absolute Gasteiger partial charge is 0.332 e. The third-order valence-electron chi connectivity index (χ3n) is 11.1. The molecule has 0 saturated heterocycles. The van der Waals surface area contributed by atoms with Gasteiger partial charge >= 0.3 is 6.85 Å². The van der Waals surface area contributed by atoms with E-state index in [9.17, 15) is 0 Å². The van der Waals surface area contributed by atoms with E-state index < -0.39 is 0 Å². The Morgan fingerprint density at radius 1 is 0.590 bits per heavy atom. The van der Waals surface area contributed by atoms with Gasteiger partial charge in [0.15, 0.2) is 0 Å². The van der Waals surface area contributed by atoms with Gasteiger partial charge in [0.2, 0.25) is 0 Å². The number of aryl methyl sites for hydroxylation is 1. The highest BCUT2D eigenvalue weighted by atomic mass is 15.2. The zero-order chi connectivity index (χ0) is 27.2. The maximum Gasteiger partial charge on any atom is 0.332 e. The summed E-state index contributed by atoms with van der Waals surface area (Å²) in [4.78, 5) is 2.67. The van der Waals surface area contributed by atoms with Crippen LogP contribution in [0.4, 0.5) is 17.1 Å². The summed E-state index contributed by atoms with van der Waals surface area (Å²) in [6, 6.07) is 11.5. The lowest BCUT2D eigenvalue weighted by molar-refractivity contribution is 1.04. The quantitative estimate of drug-likeness (QED) is 0.191. The summed E-state index contributed by atoms with van der Waals surface area (Å²) >= 11 is 0. The highest BCUT2D eigenvalue weighted by molar-refractivity contribution is 6.90. The van der Waals surface area contributed by atoms with Gasteiger partial charge in [-0.15, -0.1) is 0 Å². The van der Waals surface area contributed by atoms with Crippen LogP contribution in [0.2, 0.25) is 0 Å². The van der Waals surface area contributed by atoms with E-state index >= 15 is 0 Å². The third-order valence-corrected chi connectivity index (χ3v) is 11.1. The maximum atomic E-state index is 2.67. The first kappa shape index (κ1) is 23.2. The number of benzene rings is 4. The lowest BCUT2D eigenvalue weighted by atomic mass is 9.42. The van der Waals surface area contributed by atoms with E-state index in [4.69, 9.17) is 0 Å². The molecule has 0 radical (unpaired) electrons. The van der Waals surface area contributed by atoms with E-state index in [1.807, 2.05) is 0 Å². The molecular weight excluding hydrogens is 471 g/mol. The molecule has 0 unspecified atom stereocenters. The van der Waals surface area contributed by atoms with Crippen molar-refractivity contribution in [3.8, 4) is 11.1 Å². The van der Waals surface area contributed by atoms with Crippen molar-refractivity contribution in [1.29, 1.82) is 0 Å². The fourth-order valence-electron chi connectivity index (χ4n) is 8.31. The molecule has 0 spiro atoms. The maximum absolute atomic E-state index is 2.67. The largest absolute Gasteiger partial charge is 0.382 e. The molecule has 0 atom stereocenters. The van der Waals surface area contributed by atoms with Gasteiger partial charge in [0.1, 0.15) is 0 Å². The summed E-state index contributed by atoms with van der Waals surface area (Å²) in [5.74, 6) is 0. The predicted molar refractivity (Wildman–Crippen MR) is 168 cm³/mol. The van der Waals surface area contributed by atoms with Crippen molar-refractivity contribution in [1.82, 2.24) is 4.48 Å². The van der Waals surface area contributed by atoms with Crippen LogP contribution in [0.1, 0.15) is 61.2 Å². The second-order valence-electron chi connectivity index (χ2n) is 12.4. The van der Waals surface area contributed by atoms with E-state index in [0.717, 1.165) is 6.42 Å². The number of fused-ring (bicyclic) bond motifs is 6. The Labute approximate surface area is 232 Å². The summed E-state index contributed by atoms with van der Waals surface area (Å²) in [5, 5.41) is 1.40. The van der Waals surface area contributed by atoms with E-state index in [-0.39, 0.29) is 6.85 Å². The van der Waals surface area contributed by atoms with Crippen LogP contribution >= 0.6 is 0 Å². The van der Waals surface area contributed by atoms with Crippen molar-refractivity contribution in [3.63, 3.8) is 0 Å². The molecule has 8 rings (SSSR count). The molecule has 3 aliphatic rings. The lowest BCUT2D eigenvalue weighted by Gasteiger charge is -2.47. The standard InChI is InChI=1S/C36H35BN2/c1-17-20(4)27-14-15-38-35(27)31(23(17)7)30-22(6)19(3)25(9)34-33(30)37(38)32-24(8)18(2)21(5)28-16-26-12-10-11-13-29(26)39(34)36(28)32/h10-15H,16H2,1-9H3. The van der Waals surface area contributed by atoms with Gasteiger partial charge in [-0.05, 0) is 158 Å². The number of anilines is 3. The highest BCUT2D eigenvalue weighted by Gasteiger charge is 2.47. The minimum Gasteiger partial charge on any atom is -0.382 e. The van der Waals surface area contributed by atoms with Gasteiger partial charge < -0.3 is 9.38 Å². The number of nitrogens with zero attached hydrogens (tertiary/aromatic N) is 2. The molecule has 0 amide bonds. The average Bonchev–Trinajstić information content (AvgIpc) is 3.38. The lowest BCUT2D eigenvalue weighted by Crippen LogP contribution is -2.59. The number of rotatable bonds is 0. The molecule has 3 aliphatic heterocycles. The molecule has 0 saturated carbocycles. The Hall–Kier alpha value is -3.72. The van der Waals surface area contributed by atoms with E-state index in [1.165, 1.54) is 111 Å². The number of aromatic nitrogens is 1. The Morgan fingerprint density at radius 3 is 2.03 bits per heavy atom. The Bertz CT molecular complexity index is 1990. The first-order chi connectivity index (χ1) is 18.6. The van der Waals surface area contributed by atoms with Crippen molar-refractivity contribution in [2.24, 2.45) is 0 Å². The second kappa shape index (κ2) is 7.27. The van der Waals surface area contributed by atoms with Gasteiger partial charge in [0, 0.05) is 39.9 Å². The molecule has 192 valence electrons. The summed E-state index contributed by atoms with van der Waals surface area (Å²) in [6.45, 7) is 21.3. The first-order valence-corrected chi connectivity index (χ1v) is 14.4. The van der Waals surface area contributed by atoms with E-state index in [2.05, 4.69) is 108 Å². The molecule has 0 N–H and O–H groups in total. The van der Waals surface area contributed by atoms with Crippen molar-refractivity contribution in [2.75, 3.05) is 4.90 Å². The van der Waals surface area contributed by atoms with Crippen LogP contribution in [0.15, 0.2) is 36.5 Å². The molecule has 1 aromatic heterocycles. The summed E-state index contributed by atoms with van der Waals surface area (Å²) < 4.78 is 2.64. The highest BCUT2D eigenvalue weighted by Crippen LogP contribution is 2.52. The number of para-hydroxylation sites is 1. The summed E-state index contributed by atoms with van der Waals surface area (Å²) in [5.41, 5.74) is 27.3. The Morgan fingerprint density at radius 2 is 1.26 bits per heavy atom. The molecule has 2 nitrogen and oxygen atoms in total. The fourth-order valence-corrected chi connectivity index (χ4v) is 8.31. The van der Waals surface area contributed by atoms with Crippen LogP contribution in [0.5, 0.6) is 0 Å². The van der Waals surface area contributed by atoms with Gasteiger partial charge in [0.05, 0.1) is 0 Å². The molecule has 39 heavy (non-hydrogen) atoms. The fraction of sp³-hybridized carbons (Fsp3) is 0.278. The molecule has 5 aromatic rings. The molecule has 3 heteroatoms. The third kappa shape index (κ3) is 2.47. The van der Waals surface area contributed by atoms with Crippen molar-refractivity contribution >= 4 is 45.7 Å². The number of hydrogen-bond donors (Lipinski definition) is 0. The molecular formula is C36H35BN2. The van der Waals surface area contributed by atoms with Gasteiger partial charge in [-0.2, -0.15) is 0 Å². The molecule has 0 fully saturated rings. The van der Waals surface area contributed by atoms with Crippen molar-refractivity contribution < 1.29 is 0 Å². The summed E-state index contributed by atoms with van der Waals surface area (Å²) in [6.07, 6.45) is 3.38. The minimum atomic E-state index is 0.175. The van der Waals surface area contributed by atoms with Crippen molar-refractivity contribution in [3.05, 3.63) is 97.7 Å². The molecule has 4 heterocycles. The molecule has 0 bridgehead atoms. The molecule has 0 aliphatic carbocycles. The van der Waals surface area contributed by atoms with Crippen LogP contribution < -0.4 is 15.8 Å². The number of hydrogen-bond acceptors (Lipinski definition) is 1. The zero-order valence-corrected chi connectivity index (χ0v) is 24.6. The van der Waals surface area contributed by atoms with Gasteiger partial charge in [-0.1, -0.05) is 18.2 Å². The average molecular weight is 507 g/mol. The van der Waals surface area contributed by atoms with Crippen LogP contribution in [0, 0.1) is 62.3 Å². The Balaban J connectivity index is 1.67. The van der Waals surface area contributed by atoms with Crippen LogP contribution in [-0.2, 0) is 6.42 Å². The van der Waals surface area contributed by atoms with E-state index in [1.54, 1.807) is 0 Å². The second-order valence-corrected chi connectivity index (χ2v) is 12.4. The normalized spacial score (nSPS) is 14.1. The zero-order valence-electron chi connectivity index (χ0n) is 24.6. The molecule has 4 aromatic carbocycles. The predicted octanol–water partition coefficient (Wildman–Crippen LogP) is 7.74. The first-order valence-electron chi connectivity index (χ1n) is 14.4. The Kier molecular flexibility index (Phi) is 4.32. The SMILES string of the molecule is Cc1c(C)c2c3c(c1C)B1c4c(c(C)c(C)c(C)c4N3c3ccccc3C2)-c2c(C)c(C)c(C)c3ccn1c23. The van der Waals surface area contributed by atoms with Crippen molar-refractivity contribution in [2.45, 2.75) is 68.7 Å². The van der Waals surface area contributed by atoms with Gasteiger partial charge in [-0.25, -0.2) is 0 Å². The van der Waals surface area contributed by atoms with Gasteiger partial charge in [0.25, 0.3) is 0 Å². The van der Waals surface area contributed by atoms with E-state index in [0.29, 0.717) is 0 Å².